The summed E-state index contributed by atoms with van der Waals surface area (Å²) in [4.78, 5) is 38.6. The Morgan fingerprint density at radius 3 is 2.46 bits per heavy atom. The zero-order chi connectivity index (χ0) is 34.8. The fourth-order valence-corrected chi connectivity index (χ4v) is 5.80. The number of hydrogen-bond donors (Lipinski definition) is 1. The number of aromatic nitrogens is 3. The highest BCUT2D eigenvalue weighted by Gasteiger charge is 2.27. The van der Waals surface area contributed by atoms with Gasteiger partial charge in [-0.15, -0.1) is 0 Å². The molecule has 14 nitrogen and oxygen atoms in total. The van der Waals surface area contributed by atoms with Crippen molar-refractivity contribution in [2.45, 2.75) is 33.3 Å². The van der Waals surface area contributed by atoms with Crippen LogP contribution in [-0.4, -0.2) is 83.6 Å². The summed E-state index contributed by atoms with van der Waals surface area (Å²) in [6.45, 7) is 9.36. The summed E-state index contributed by atoms with van der Waals surface area (Å²) < 4.78 is 55.9. The van der Waals surface area contributed by atoms with E-state index in [4.69, 9.17) is 9.47 Å². The molecule has 3 heterocycles. The average molecular weight is 679 g/mol. The van der Waals surface area contributed by atoms with E-state index < -0.39 is 32.9 Å². The predicted molar refractivity (Wildman–Crippen MR) is 177 cm³/mol. The van der Waals surface area contributed by atoms with Crippen LogP contribution in [0.5, 0.6) is 11.5 Å². The lowest BCUT2D eigenvalue weighted by Gasteiger charge is -2.36. The van der Waals surface area contributed by atoms with Crippen molar-refractivity contribution in [2.75, 3.05) is 49.4 Å². The van der Waals surface area contributed by atoms with Gasteiger partial charge in [-0.05, 0) is 63.2 Å². The molecule has 1 amide bonds. The molecule has 16 heteroatoms. The second-order valence-electron chi connectivity index (χ2n) is 12.0. The summed E-state index contributed by atoms with van der Waals surface area (Å²) in [5, 5.41) is 9.96. The maximum absolute atomic E-state index is 14.9. The molecule has 0 saturated carbocycles. The van der Waals surface area contributed by atoms with Crippen molar-refractivity contribution in [3.63, 3.8) is 0 Å². The summed E-state index contributed by atoms with van der Waals surface area (Å²) in [6.07, 6.45) is 2.56. The summed E-state index contributed by atoms with van der Waals surface area (Å²) in [5.74, 6) is -0.702. The third kappa shape index (κ3) is 7.32. The lowest BCUT2D eigenvalue weighted by atomic mass is 10.1. The van der Waals surface area contributed by atoms with Crippen LogP contribution < -0.4 is 19.9 Å². The number of carbonyl (C=O) groups excluding carboxylic acids is 1. The molecular weight excluding hydrogens is 643 g/mol. The first-order valence-corrected chi connectivity index (χ1v) is 16.5. The van der Waals surface area contributed by atoms with Gasteiger partial charge in [0, 0.05) is 39.8 Å². The number of ether oxygens (including phenoxy) is 2. The van der Waals surface area contributed by atoms with Gasteiger partial charge in [-0.1, -0.05) is 6.92 Å². The van der Waals surface area contributed by atoms with E-state index in [0.29, 0.717) is 43.2 Å². The minimum Gasteiger partial charge on any atom is -0.453 e. The number of amides is 1. The molecule has 48 heavy (non-hydrogen) atoms. The average Bonchev–Trinajstić information content (AvgIpc) is 3.05. The Bertz CT molecular complexity index is 2050. The smallest absolute Gasteiger partial charge is 0.410 e. The molecule has 0 atom stereocenters. The zero-order valence-corrected chi connectivity index (χ0v) is 27.9. The maximum Gasteiger partial charge on any atom is 0.410 e. The molecule has 1 N–H and O–H groups in total. The number of nitrogens with one attached hydrogen (secondary N) is 1. The lowest BCUT2D eigenvalue weighted by Crippen LogP contribution is -2.50. The zero-order valence-electron chi connectivity index (χ0n) is 27.1. The number of rotatable bonds is 8. The highest BCUT2D eigenvalue weighted by molar-refractivity contribution is 7.90. The molecule has 1 aliphatic heterocycles. The monoisotopic (exact) mass is 678 g/mol. The summed E-state index contributed by atoms with van der Waals surface area (Å²) in [7, 11) is -2.66. The van der Waals surface area contributed by atoms with Crippen LogP contribution in [0.1, 0.15) is 33.3 Å². The quantitative estimate of drug-likeness (QED) is 0.285. The van der Waals surface area contributed by atoms with E-state index in [1.54, 1.807) is 36.2 Å². The van der Waals surface area contributed by atoms with Gasteiger partial charge in [-0.25, -0.2) is 19.2 Å². The van der Waals surface area contributed by atoms with E-state index in [-0.39, 0.29) is 35.0 Å². The second kappa shape index (κ2) is 13.5. The minimum atomic E-state index is -4.01. The summed E-state index contributed by atoms with van der Waals surface area (Å²) >= 11 is 0. The summed E-state index contributed by atoms with van der Waals surface area (Å²) in [6, 6.07) is 11.8. The van der Waals surface area contributed by atoms with Crippen molar-refractivity contribution in [3.05, 3.63) is 76.7 Å². The molecule has 4 aromatic rings. The number of carbonyl (C=O) groups is 1. The van der Waals surface area contributed by atoms with Crippen molar-refractivity contribution in [3.8, 4) is 23.3 Å². The van der Waals surface area contributed by atoms with Crippen LogP contribution in [0.15, 0.2) is 59.8 Å². The Morgan fingerprint density at radius 2 is 1.83 bits per heavy atom. The van der Waals surface area contributed by atoms with E-state index in [9.17, 15) is 27.7 Å². The second-order valence-corrected chi connectivity index (χ2v) is 13.7. The molecule has 0 radical (unpaired) electrons. The van der Waals surface area contributed by atoms with E-state index in [1.165, 1.54) is 36.1 Å². The van der Waals surface area contributed by atoms with Crippen molar-refractivity contribution >= 4 is 38.7 Å². The molecule has 1 aliphatic rings. The lowest BCUT2D eigenvalue weighted by molar-refractivity contribution is 0.0240. The van der Waals surface area contributed by atoms with Gasteiger partial charge in [0.1, 0.15) is 35.1 Å². The Kier molecular flexibility index (Phi) is 9.55. The Morgan fingerprint density at radius 1 is 1.10 bits per heavy atom. The molecule has 0 bridgehead atoms. The molecule has 1 fully saturated rings. The van der Waals surface area contributed by atoms with Gasteiger partial charge >= 0.3 is 16.3 Å². The van der Waals surface area contributed by atoms with Gasteiger partial charge in [0.2, 0.25) is 0 Å². The molecule has 1 saturated heterocycles. The van der Waals surface area contributed by atoms with Gasteiger partial charge in [-0.3, -0.25) is 14.1 Å². The van der Waals surface area contributed by atoms with Crippen LogP contribution in [0.2, 0.25) is 0 Å². The Hall–Kier alpha value is -5.27. The molecule has 2 aromatic heterocycles. The Labute approximate surface area is 277 Å². The molecule has 252 valence electrons. The van der Waals surface area contributed by atoms with Crippen molar-refractivity contribution in [1.29, 1.82) is 5.26 Å². The van der Waals surface area contributed by atoms with Crippen LogP contribution in [0.4, 0.5) is 20.7 Å². The predicted octanol–water partition coefficient (Wildman–Crippen LogP) is 4.25. The molecule has 5 rings (SSSR count). The fraction of sp³-hybridized carbons (Fsp3) is 0.344. The SMILES string of the molecule is CCN(C)S(=O)(=O)Nc1ccc(F)c(Oc2ccc3ncn(-c4ccc(N5CCN(C(=O)OC(C)(C)C)CC5)nc4)c(=O)c3c2)c1C#N. The van der Waals surface area contributed by atoms with Gasteiger partial charge in [0.25, 0.3) is 5.56 Å². The number of halogens is 1. The highest BCUT2D eigenvalue weighted by Crippen LogP contribution is 2.34. The number of piperazine rings is 1. The van der Waals surface area contributed by atoms with Crippen LogP contribution >= 0.6 is 0 Å². The third-order valence-electron chi connectivity index (χ3n) is 7.53. The van der Waals surface area contributed by atoms with Crippen LogP contribution in [0.25, 0.3) is 16.6 Å². The largest absolute Gasteiger partial charge is 0.453 e. The number of fused-ring (bicyclic) bond motifs is 1. The fourth-order valence-electron chi connectivity index (χ4n) is 4.86. The number of hydrogen-bond acceptors (Lipinski definition) is 10. The first-order chi connectivity index (χ1) is 22.7. The number of nitrogens with zero attached hydrogens (tertiary/aromatic N) is 7. The van der Waals surface area contributed by atoms with E-state index in [2.05, 4.69) is 14.7 Å². The van der Waals surface area contributed by atoms with E-state index >= 15 is 0 Å². The molecular formula is C32H35FN8O6S. The number of nitriles is 1. The van der Waals surface area contributed by atoms with E-state index in [1.807, 2.05) is 25.7 Å². The molecule has 0 spiro atoms. The minimum absolute atomic E-state index is 0.0271. The maximum atomic E-state index is 14.9. The van der Waals surface area contributed by atoms with Gasteiger partial charge in [0.05, 0.1) is 28.5 Å². The van der Waals surface area contributed by atoms with Gasteiger partial charge in [-0.2, -0.15) is 18.0 Å². The van der Waals surface area contributed by atoms with Gasteiger partial charge in [0.15, 0.2) is 11.6 Å². The molecule has 0 aliphatic carbocycles. The van der Waals surface area contributed by atoms with E-state index in [0.717, 1.165) is 16.4 Å². The highest BCUT2D eigenvalue weighted by atomic mass is 32.2. The first-order valence-electron chi connectivity index (χ1n) is 15.1. The number of pyridine rings is 1. The number of anilines is 2. The molecule has 2 aromatic carbocycles. The topological polar surface area (TPSA) is 163 Å². The van der Waals surface area contributed by atoms with Crippen molar-refractivity contribution in [1.82, 2.24) is 23.7 Å². The normalized spacial score (nSPS) is 13.8. The Balaban J connectivity index is 1.36. The molecule has 0 unspecified atom stereocenters. The van der Waals surface area contributed by atoms with Crippen LogP contribution in [-0.2, 0) is 14.9 Å². The summed E-state index contributed by atoms with van der Waals surface area (Å²) in [5.41, 5.74) is -0.759. The first kappa shape index (κ1) is 34.1. The van der Waals surface area contributed by atoms with Crippen molar-refractivity contribution < 1.29 is 27.1 Å². The van der Waals surface area contributed by atoms with Crippen LogP contribution in [0.3, 0.4) is 0 Å². The van der Waals surface area contributed by atoms with Crippen molar-refractivity contribution in [2.24, 2.45) is 0 Å². The standard InChI is InChI=1S/C32H35FN8O6S/c1-6-38(5)48(44,45)37-27-11-9-25(33)29(24(27)18-34)46-22-8-10-26-23(17-22)30(42)41(20-36-26)21-7-12-28(35-19-21)39-13-15-40(16-14-39)31(43)47-32(2,3)4/h7-12,17,19-20,37H,6,13-16H2,1-5H3. The number of benzene rings is 2. The third-order valence-corrected chi connectivity index (χ3v) is 9.09. The van der Waals surface area contributed by atoms with Gasteiger partial charge < -0.3 is 19.3 Å². The van der Waals surface area contributed by atoms with Crippen LogP contribution in [0, 0.1) is 17.1 Å².